The molecule has 0 spiro atoms. The molecular formula is C20H42N6O9S. The molecule has 0 heterocycles. The van der Waals surface area contributed by atoms with Gasteiger partial charge < -0.3 is 37.7 Å². The highest BCUT2D eigenvalue weighted by molar-refractivity contribution is 7.79. The van der Waals surface area contributed by atoms with E-state index >= 15 is 0 Å². The van der Waals surface area contributed by atoms with Crippen LogP contribution < -0.4 is 27.4 Å². The van der Waals surface area contributed by atoms with E-state index in [-0.39, 0.29) is 17.3 Å². The molecule has 0 bridgehead atoms. The lowest BCUT2D eigenvalue weighted by atomic mass is 9.83. The van der Waals surface area contributed by atoms with Gasteiger partial charge in [0.05, 0.1) is 6.04 Å². The van der Waals surface area contributed by atoms with E-state index in [0.717, 1.165) is 0 Å². The van der Waals surface area contributed by atoms with Gasteiger partial charge in [-0.05, 0) is 23.7 Å². The van der Waals surface area contributed by atoms with E-state index in [2.05, 4.69) is 20.9 Å². The van der Waals surface area contributed by atoms with Crippen molar-refractivity contribution >= 4 is 40.4 Å². The minimum atomic E-state index is -4.67. The molecule has 0 saturated heterocycles. The van der Waals surface area contributed by atoms with Crippen molar-refractivity contribution in [2.75, 3.05) is 6.54 Å². The van der Waals surface area contributed by atoms with Gasteiger partial charge in [0.25, 0.3) is 0 Å². The minimum absolute atomic E-state index is 0. The van der Waals surface area contributed by atoms with Crippen LogP contribution in [0.4, 0.5) is 0 Å². The summed E-state index contributed by atoms with van der Waals surface area (Å²) in [4.78, 5) is 52.6. The van der Waals surface area contributed by atoms with Crippen molar-refractivity contribution in [1.29, 1.82) is 0 Å². The predicted molar refractivity (Wildman–Crippen MR) is 134 cm³/mol. The SMILES string of the molecule is CC(=O)N[C@H](C(=O)NC(C(=O)N[C@H](C=O)CCCN=C(N)N)C(C)(C)C)C(C)(C)C.O.O=S(=O)(O)O. The standard InChI is InChI=1S/C20H38N6O4.H2O4S.H2O/c1-12(28)24-14(19(2,3)4)17(30)26-15(20(5,6)7)16(29)25-13(11-27)9-8-10-23-18(21)22;1-5(2,3)4;/h11,13-15H,8-10H2,1-7H3,(H,24,28)(H,25,29)(H,26,30)(H4,21,22,23);(H2,1,2,3,4);1H2/t13-,14+,15?;;/m0../s1. The van der Waals surface area contributed by atoms with Crippen LogP contribution in [0.25, 0.3) is 0 Å². The van der Waals surface area contributed by atoms with Gasteiger partial charge in [0.2, 0.25) is 17.7 Å². The zero-order chi connectivity index (χ0) is 28.2. The van der Waals surface area contributed by atoms with Gasteiger partial charge in [-0.25, -0.2) is 0 Å². The molecule has 0 aromatic heterocycles. The van der Waals surface area contributed by atoms with Gasteiger partial charge in [0.1, 0.15) is 18.4 Å². The minimum Gasteiger partial charge on any atom is -0.412 e. The molecule has 0 fully saturated rings. The van der Waals surface area contributed by atoms with Crippen molar-refractivity contribution in [3.63, 3.8) is 0 Å². The number of carbonyl (C=O) groups is 4. The van der Waals surface area contributed by atoms with Gasteiger partial charge in [0.15, 0.2) is 5.96 Å². The van der Waals surface area contributed by atoms with Crippen molar-refractivity contribution in [1.82, 2.24) is 16.0 Å². The van der Waals surface area contributed by atoms with Crippen molar-refractivity contribution < 1.29 is 42.2 Å². The first-order valence-corrected chi connectivity index (χ1v) is 12.1. The van der Waals surface area contributed by atoms with Crippen LogP contribution in [0.3, 0.4) is 0 Å². The number of aldehydes is 1. The maximum Gasteiger partial charge on any atom is 0.394 e. The Hall–Kier alpha value is -2.82. The zero-order valence-electron chi connectivity index (χ0n) is 21.8. The van der Waals surface area contributed by atoms with Crippen LogP contribution in [0.2, 0.25) is 0 Å². The Bertz CT molecular complexity index is 852. The zero-order valence-corrected chi connectivity index (χ0v) is 22.6. The van der Waals surface area contributed by atoms with Crippen molar-refractivity contribution in [3.8, 4) is 0 Å². The number of hydrogen-bond acceptors (Lipinski definition) is 7. The number of amides is 3. The van der Waals surface area contributed by atoms with Crippen molar-refractivity contribution in [3.05, 3.63) is 0 Å². The lowest BCUT2D eigenvalue weighted by Gasteiger charge is -2.35. The van der Waals surface area contributed by atoms with E-state index in [1.165, 1.54) is 6.92 Å². The fraction of sp³-hybridized carbons (Fsp3) is 0.750. The van der Waals surface area contributed by atoms with Crippen LogP contribution in [0.15, 0.2) is 4.99 Å². The van der Waals surface area contributed by atoms with Gasteiger partial charge in [-0.1, -0.05) is 41.5 Å². The third-order valence-corrected chi connectivity index (χ3v) is 4.35. The van der Waals surface area contributed by atoms with Gasteiger partial charge in [-0.2, -0.15) is 8.42 Å². The maximum atomic E-state index is 12.9. The summed E-state index contributed by atoms with van der Waals surface area (Å²) >= 11 is 0. The van der Waals surface area contributed by atoms with Gasteiger partial charge in [-0.15, -0.1) is 0 Å². The van der Waals surface area contributed by atoms with E-state index in [1.54, 1.807) is 20.8 Å². The van der Waals surface area contributed by atoms with Gasteiger partial charge >= 0.3 is 10.4 Å². The summed E-state index contributed by atoms with van der Waals surface area (Å²) in [7, 11) is -4.67. The monoisotopic (exact) mass is 542 g/mol. The number of rotatable bonds is 10. The summed E-state index contributed by atoms with van der Waals surface area (Å²) in [5.74, 6) is -1.33. The third kappa shape index (κ3) is 19.5. The van der Waals surface area contributed by atoms with Crippen LogP contribution in [0.5, 0.6) is 0 Å². The smallest absolute Gasteiger partial charge is 0.394 e. The fourth-order valence-electron chi connectivity index (χ4n) is 2.74. The van der Waals surface area contributed by atoms with Crippen molar-refractivity contribution in [2.45, 2.75) is 79.4 Å². The predicted octanol–water partition coefficient (Wildman–Crippen LogP) is -1.67. The van der Waals surface area contributed by atoms with Gasteiger partial charge in [-0.3, -0.25) is 28.5 Å². The first kappa shape index (κ1) is 37.7. The molecule has 0 saturated carbocycles. The molecule has 0 radical (unpaired) electrons. The van der Waals surface area contributed by atoms with E-state index in [9.17, 15) is 19.2 Å². The first-order valence-electron chi connectivity index (χ1n) is 10.7. The summed E-state index contributed by atoms with van der Waals surface area (Å²) in [6.07, 6.45) is 1.50. The van der Waals surface area contributed by atoms with Crippen LogP contribution >= 0.6 is 0 Å². The second-order valence-corrected chi connectivity index (χ2v) is 10.9. The molecule has 0 aromatic rings. The third-order valence-electron chi connectivity index (χ3n) is 4.35. The molecule has 3 amide bonds. The molecule has 0 aliphatic heterocycles. The molecule has 0 aromatic carbocycles. The Kier molecular flexibility index (Phi) is 16.8. The molecule has 0 aliphatic carbocycles. The Morgan fingerprint density at radius 3 is 1.64 bits per heavy atom. The highest BCUT2D eigenvalue weighted by atomic mass is 32.3. The Morgan fingerprint density at radius 2 is 1.31 bits per heavy atom. The molecule has 36 heavy (non-hydrogen) atoms. The normalized spacial score (nSPS) is 13.8. The highest BCUT2D eigenvalue weighted by Gasteiger charge is 2.38. The van der Waals surface area contributed by atoms with E-state index in [1.807, 2.05) is 20.8 Å². The number of nitrogens with two attached hydrogens (primary N) is 2. The Labute approximate surface area is 212 Å². The molecule has 212 valence electrons. The average molecular weight is 543 g/mol. The molecule has 0 aliphatic rings. The molecule has 0 rings (SSSR count). The van der Waals surface area contributed by atoms with E-state index < -0.39 is 51.2 Å². The average Bonchev–Trinajstić information content (AvgIpc) is 2.62. The van der Waals surface area contributed by atoms with Crippen LogP contribution in [-0.2, 0) is 29.6 Å². The van der Waals surface area contributed by atoms with Gasteiger partial charge in [0, 0.05) is 13.5 Å². The summed E-state index contributed by atoms with van der Waals surface area (Å²) in [5, 5.41) is 8.05. The lowest BCUT2D eigenvalue weighted by Crippen LogP contribution is -2.61. The molecular weight excluding hydrogens is 500 g/mol. The number of aliphatic imine (C=N–C) groups is 1. The topological polar surface area (TPSA) is 275 Å². The molecule has 11 N–H and O–H groups in total. The summed E-state index contributed by atoms with van der Waals surface area (Å²) in [6, 6.07) is -2.47. The number of hydrogen-bond donors (Lipinski definition) is 7. The quantitative estimate of drug-likeness (QED) is 0.0541. The fourth-order valence-corrected chi connectivity index (χ4v) is 2.74. The Balaban J connectivity index is -0.00000164. The summed E-state index contributed by atoms with van der Waals surface area (Å²) in [6.45, 7) is 12.5. The van der Waals surface area contributed by atoms with Crippen LogP contribution in [-0.4, -0.2) is 77.6 Å². The Morgan fingerprint density at radius 1 is 0.917 bits per heavy atom. The molecule has 15 nitrogen and oxygen atoms in total. The van der Waals surface area contributed by atoms with E-state index in [4.69, 9.17) is 29.0 Å². The van der Waals surface area contributed by atoms with Crippen molar-refractivity contribution in [2.24, 2.45) is 27.3 Å². The largest absolute Gasteiger partial charge is 0.412 e. The lowest BCUT2D eigenvalue weighted by molar-refractivity contribution is -0.136. The number of nitrogens with zero attached hydrogens (tertiary/aromatic N) is 1. The second kappa shape index (κ2) is 16.0. The summed E-state index contributed by atoms with van der Waals surface area (Å²) in [5.41, 5.74) is 9.33. The van der Waals surface area contributed by atoms with E-state index in [0.29, 0.717) is 25.7 Å². The first-order chi connectivity index (χ1) is 15.6. The molecule has 3 atom stereocenters. The number of nitrogens with one attached hydrogen (secondary N) is 3. The highest BCUT2D eigenvalue weighted by Crippen LogP contribution is 2.23. The summed E-state index contributed by atoms with van der Waals surface area (Å²) < 4.78 is 31.6. The van der Waals surface area contributed by atoms with Crippen LogP contribution in [0.1, 0.15) is 61.3 Å². The number of guanidine groups is 1. The van der Waals surface area contributed by atoms with Crippen LogP contribution in [0, 0.1) is 10.8 Å². The maximum absolute atomic E-state index is 12.9. The molecule has 1 unspecified atom stereocenters. The second-order valence-electron chi connectivity index (χ2n) is 9.96. The number of carbonyl (C=O) groups excluding carboxylic acids is 4. The molecule has 16 heteroatoms.